The van der Waals surface area contributed by atoms with E-state index in [2.05, 4.69) is 4.90 Å². The second kappa shape index (κ2) is 7.62. The number of hydrogen-bond acceptors (Lipinski definition) is 4. The van der Waals surface area contributed by atoms with Gasteiger partial charge in [0.05, 0.1) is 13.2 Å². The molecule has 0 aromatic heterocycles. The number of amides is 1. The second-order valence-corrected chi connectivity index (χ2v) is 6.77. The third kappa shape index (κ3) is 4.04. The van der Waals surface area contributed by atoms with Gasteiger partial charge in [0.1, 0.15) is 0 Å². The first kappa shape index (κ1) is 16.7. The first-order chi connectivity index (χ1) is 11.2. The Bertz CT molecular complexity index is 531. The fourth-order valence-corrected chi connectivity index (χ4v) is 3.53. The molecule has 2 aliphatic rings. The molecular formula is C17H23ClN2O3. The van der Waals surface area contributed by atoms with E-state index in [9.17, 15) is 9.90 Å². The van der Waals surface area contributed by atoms with Gasteiger partial charge in [-0.2, -0.15) is 0 Å². The van der Waals surface area contributed by atoms with Gasteiger partial charge in [-0.25, -0.2) is 0 Å². The monoisotopic (exact) mass is 338 g/mol. The van der Waals surface area contributed by atoms with Gasteiger partial charge in [-0.15, -0.1) is 0 Å². The molecule has 126 valence electrons. The molecule has 2 fully saturated rings. The Morgan fingerprint density at radius 3 is 2.48 bits per heavy atom. The van der Waals surface area contributed by atoms with E-state index in [1.807, 2.05) is 4.90 Å². The minimum absolute atomic E-state index is 0.0181. The lowest BCUT2D eigenvalue weighted by Gasteiger charge is -2.30. The number of nitrogens with zero attached hydrogens (tertiary/aromatic N) is 2. The molecule has 3 rings (SSSR count). The first-order valence-electron chi connectivity index (χ1n) is 8.13. The average Bonchev–Trinajstić information content (AvgIpc) is 2.99. The van der Waals surface area contributed by atoms with Crippen molar-refractivity contribution in [2.24, 2.45) is 11.8 Å². The molecular weight excluding hydrogens is 316 g/mol. The molecule has 0 aliphatic carbocycles. The Morgan fingerprint density at radius 2 is 1.83 bits per heavy atom. The molecule has 1 aromatic carbocycles. The molecule has 0 unspecified atom stereocenters. The van der Waals surface area contributed by atoms with Gasteiger partial charge in [0.2, 0.25) is 0 Å². The summed E-state index contributed by atoms with van der Waals surface area (Å²) in [4.78, 5) is 16.8. The molecule has 0 saturated carbocycles. The zero-order chi connectivity index (χ0) is 16.2. The molecule has 5 nitrogen and oxygen atoms in total. The molecule has 23 heavy (non-hydrogen) atoms. The summed E-state index contributed by atoms with van der Waals surface area (Å²) in [5, 5.41) is 10.3. The fourth-order valence-electron chi connectivity index (χ4n) is 3.41. The Hall–Kier alpha value is -1.14. The van der Waals surface area contributed by atoms with Crippen LogP contribution in [-0.4, -0.2) is 73.4 Å². The van der Waals surface area contributed by atoms with Crippen LogP contribution in [0.5, 0.6) is 0 Å². The molecule has 0 bridgehead atoms. The van der Waals surface area contributed by atoms with E-state index in [0.29, 0.717) is 29.6 Å². The second-order valence-electron chi connectivity index (χ2n) is 6.33. The Kier molecular flexibility index (Phi) is 5.54. The van der Waals surface area contributed by atoms with E-state index < -0.39 is 0 Å². The van der Waals surface area contributed by atoms with Crippen LogP contribution >= 0.6 is 11.6 Å². The van der Waals surface area contributed by atoms with Crippen LogP contribution < -0.4 is 0 Å². The quantitative estimate of drug-likeness (QED) is 0.900. The van der Waals surface area contributed by atoms with Gasteiger partial charge in [-0.1, -0.05) is 11.6 Å². The van der Waals surface area contributed by atoms with E-state index in [0.717, 1.165) is 32.8 Å². The summed E-state index contributed by atoms with van der Waals surface area (Å²) < 4.78 is 5.38. The third-order valence-corrected chi connectivity index (χ3v) is 5.04. The lowest BCUT2D eigenvalue weighted by Crippen LogP contribution is -2.41. The Morgan fingerprint density at radius 1 is 1.17 bits per heavy atom. The standard InChI is InChI=1S/C17H23ClN2O3/c18-16-3-1-13(2-4-16)17(22)20-10-14(15(11-20)12-21)9-19-5-7-23-8-6-19/h1-4,14-15,21H,5-12H2/t14-,15-/m0/s1. The van der Waals surface area contributed by atoms with Crippen molar-refractivity contribution in [3.8, 4) is 0 Å². The van der Waals surface area contributed by atoms with Crippen molar-refractivity contribution in [1.82, 2.24) is 9.80 Å². The highest BCUT2D eigenvalue weighted by Gasteiger charge is 2.36. The van der Waals surface area contributed by atoms with Crippen LogP contribution in [0.3, 0.4) is 0 Å². The topological polar surface area (TPSA) is 53.0 Å². The number of halogens is 1. The van der Waals surface area contributed by atoms with Crippen molar-refractivity contribution in [3.05, 3.63) is 34.9 Å². The predicted octanol–water partition coefficient (Wildman–Crippen LogP) is 1.35. The van der Waals surface area contributed by atoms with Crippen LogP contribution in [0.1, 0.15) is 10.4 Å². The van der Waals surface area contributed by atoms with Gasteiger partial charge in [0.25, 0.3) is 5.91 Å². The number of carbonyl (C=O) groups is 1. The maximum atomic E-state index is 12.6. The van der Waals surface area contributed by atoms with Gasteiger partial charge in [0, 0.05) is 55.8 Å². The average molecular weight is 339 g/mol. The van der Waals surface area contributed by atoms with Crippen molar-refractivity contribution >= 4 is 17.5 Å². The number of ether oxygens (including phenoxy) is 1. The van der Waals surface area contributed by atoms with Crippen LogP contribution in [0.15, 0.2) is 24.3 Å². The molecule has 6 heteroatoms. The zero-order valence-electron chi connectivity index (χ0n) is 13.2. The van der Waals surface area contributed by atoms with Crippen LogP contribution in [-0.2, 0) is 4.74 Å². The first-order valence-corrected chi connectivity index (χ1v) is 8.51. The van der Waals surface area contributed by atoms with Gasteiger partial charge in [-0.3, -0.25) is 9.69 Å². The number of aliphatic hydroxyl groups is 1. The van der Waals surface area contributed by atoms with Crippen molar-refractivity contribution in [2.75, 3.05) is 52.5 Å². The van der Waals surface area contributed by atoms with Crippen LogP contribution in [0.25, 0.3) is 0 Å². The van der Waals surface area contributed by atoms with Crippen molar-refractivity contribution in [2.45, 2.75) is 0 Å². The van der Waals surface area contributed by atoms with E-state index in [-0.39, 0.29) is 18.4 Å². The maximum Gasteiger partial charge on any atom is 0.253 e. The molecule has 2 heterocycles. The number of likely N-dealkylation sites (tertiary alicyclic amines) is 1. The summed E-state index contributed by atoms with van der Waals surface area (Å²) in [5.74, 6) is 0.480. The largest absolute Gasteiger partial charge is 0.396 e. The van der Waals surface area contributed by atoms with E-state index in [1.54, 1.807) is 24.3 Å². The number of hydrogen-bond donors (Lipinski definition) is 1. The van der Waals surface area contributed by atoms with Crippen LogP contribution in [0, 0.1) is 11.8 Å². The van der Waals surface area contributed by atoms with Crippen molar-refractivity contribution in [3.63, 3.8) is 0 Å². The highest BCUT2D eigenvalue weighted by Crippen LogP contribution is 2.26. The maximum absolute atomic E-state index is 12.6. The Balaban J connectivity index is 1.63. The Labute approximate surface area is 141 Å². The molecule has 2 atom stereocenters. The van der Waals surface area contributed by atoms with Gasteiger partial charge < -0.3 is 14.7 Å². The molecule has 1 aromatic rings. The summed E-state index contributed by atoms with van der Waals surface area (Å²) in [6, 6.07) is 6.99. The van der Waals surface area contributed by atoms with Crippen molar-refractivity contribution in [1.29, 1.82) is 0 Å². The molecule has 1 amide bonds. The highest BCUT2D eigenvalue weighted by atomic mass is 35.5. The van der Waals surface area contributed by atoms with E-state index >= 15 is 0 Å². The van der Waals surface area contributed by atoms with Crippen LogP contribution in [0.4, 0.5) is 0 Å². The number of carbonyl (C=O) groups excluding carboxylic acids is 1. The lowest BCUT2D eigenvalue weighted by molar-refractivity contribution is 0.0264. The zero-order valence-corrected chi connectivity index (χ0v) is 13.9. The highest BCUT2D eigenvalue weighted by molar-refractivity contribution is 6.30. The van der Waals surface area contributed by atoms with Gasteiger partial charge >= 0.3 is 0 Å². The summed E-state index contributed by atoms with van der Waals surface area (Å²) >= 11 is 5.88. The number of morpholine rings is 1. The fraction of sp³-hybridized carbons (Fsp3) is 0.588. The summed E-state index contributed by atoms with van der Waals surface area (Å²) in [6.45, 7) is 5.75. The van der Waals surface area contributed by atoms with E-state index in [1.165, 1.54) is 0 Å². The van der Waals surface area contributed by atoms with E-state index in [4.69, 9.17) is 16.3 Å². The normalized spacial score (nSPS) is 25.7. The smallest absolute Gasteiger partial charge is 0.253 e. The number of aliphatic hydroxyl groups excluding tert-OH is 1. The molecule has 0 radical (unpaired) electrons. The minimum Gasteiger partial charge on any atom is -0.396 e. The van der Waals surface area contributed by atoms with Crippen molar-refractivity contribution < 1.29 is 14.6 Å². The SMILES string of the molecule is O=C(c1ccc(Cl)cc1)N1C[C@@H](CO)[C@@H](CN2CCOCC2)C1. The molecule has 2 saturated heterocycles. The number of rotatable bonds is 4. The number of benzene rings is 1. The minimum atomic E-state index is 0.0181. The summed E-state index contributed by atoms with van der Waals surface area (Å²) in [5.41, 5.74) is 0.651. The summed E-state index contributed by atoms with van der Waals surface area (Å²) in [6.07, 6.45) is 0. The molecule has 2 aliphatic heterocycles. The van der Waals surface area contributed by atoms with Crippen LogP contribution in [0.2, 0.25) is 5.02 Å². The lowest BCUT2D eigenvalue weighted by atomic mass is 9.96. The predicted molar refractivity (Wildman–Crippen MR) is 88.7 cm³/mol. The molecule has 0 spiro atoms. The van der Waals surface area contributed by atoms with Gasteiger partial charge in [-0.05, 0) is 30.2 Å². The third-order valence-electron chi connectivity index (χ3n) is 4.79. The summed E-state index contributed by atoms with van der Waals surface area (Å²) in [7, 11) is 0. The van der Waals surface area contributed by atoms with Gasteiger partial charge in [0.15, 0.2) is 0 Å². The molecule has 1 N–H and O–H groups in total.